The van der Waals surface area contributed by atoms with Crippen LogP contribution < -0.4 is 103 Å². The van der Waals surface area contributed by atoms with Gasteiger partial charge in [0.15, 0.2) is 34.5 Å². The van der Waals surface area contributed by atoms with Gasteiger partial charge >= 0.3 is 302 Å². The monoisotopic (exact) mass is 1960 g/mol. The minimum absolute atomic E-state index is 0. The first-order chi connectivity index (χ1) is 64.2. The maximum atomic E-state index is 11.2. The van der Waals surface area contributed by atoms with Crippen LogP contribution in [0.4, 0.5) is 0 Å². The van der Waals surface area contributed by atoms with Crippen molar-refractivity contribution >= 4 is 110 Å². The summed E-state index contributed by atoms with van der Waals surface area (Å²) in [6.07, 6.45) is 10.7. The molecule has 133 heavy (non-hydrogen) atoms. The zero-order valence-corrected chi connectivity index (χ0v) is 81.3. The molecule has 690 valence electrons. The molecule has 14 rings (SSSR count). The van der Waals surface area contributed by atoms with Gasteiger partial charge in [-0.15, -0.1) is 0 Å². The molecule has 2 aromatic heterocycles. The number of aromatic nitrogens is 2. The molecule has 0 atom stereocenters. The predicted octanol–water partition coefficient (Wildman–Crippen LogP) is 22.4. The average molecular weight is 1960 g/mol. The number of pyridine rings is 2. The van der Waals surface area contributed by atoms with Gasteiger partial charge in [0, 0.05) is 46.1 Å². The van der Waals surface area contributed by atoms with Gasteiger partial charge < -0.3 is 75.8 Å². The van der Waals surface area contributed by atoms with E-state index in [1.165, 1.54) is 60.3 Å². The summed E-state index contributed by atoms with van der Waals surface area (Å²) in [6.45, 7) is 2.73. The molecule has 0 saturated carbocycles. The van der Waals surface area contributed by atoms with Gasteiger partial charge in [-0.05, 0) is 115 Å². The molecule has 0 fully saturated rings. The maximum absolute atomic E-state index is 11.2. The smallest absolute Gasteiger partial charge is 0.203 e. The van der Waals surface area contributed by atoms with Crippen LogP contribution in [0.3, 0.4) is 0 Å². The molecular weight excluding hydrogens is 1850 g/mol. The summed E-state index contributed by atoms with van der Waals surface area (Å²) < 4.78 is 89.9. The van der Waals surface area contributed by atoms with Crippen LogP contribution in [0.15, 0.2) is 291 Å². The minimum Gasteiger partial charge on any atom is -0.496 e. The van der Waals surface area contributed by atoms with Gasteiger partial charge in [-0.2, -0.15) is 0 Å². The normalized spacial score (nSPS) is 11.6. The minimum atomic E-state index is -3.24. The molecule has 0 spiro atoms. The fourth-order valence-electron chi connectivity index (χ4n) is 15.9. The Morgan fingerprint density at radius 1 is 0.263 bits per heavy atom. The van der Waals surface area contributed by atoms with E-state index in [2.05, 4.69) is 231 Å². The van der Waals surface area contributed by atoms with Crippen molar-refractivity contribution in [1.82, 2.24) is 9.97 Å². The van der Waals surface area contributed by atoms with Crippen LogP contribution in [-0.2, 0) is 43.5 Å². The number of hydrogen-bond acceptors (Lipinski definition) is 20. The van der Waals surface area contributed by atoms with Crippen LogP contribution >= 0.6 is 41.6 Å². The predicted molar refractivity (Wildman–Crippen MR) is 545 cm³/mol. The van der Waals surface area contributed by atoms with Crippen molar-refractivity contribution in [2.24, 2.45) is 0 Å². The summed E-state index contributed by atoms with van der Waals surface area (Å²) in [5, 5.41) is 1.23. The van der Waals surface area contributed by atoms with Crippen molar-refractivity contribution in [3.8, 4) is 86.2 Å². The largest absolute Gasteiger partial charge is 0.496 e. The molecule has 0 N–H and O–H groups in total. The zero-order chi connectivity index (χ0) is 93.7. The van der Waals surface area contributed by atoms with E-state index in [-0.39, 0.29) is 27.2 Å². The number of rotatable bonds is 39. The summed E-state index contributed by atoms with van der Waals surface area (Å²) >= 11 is 9.30. The standard InChI is InChI=1S/C43H37Br2NP2.C37H41NO8.C28H30O10.CH4/c44-47(38-22-7-1-8-23-38,39-24-9-2-10-25-39,40-26-11-3-12-27-40)34-36-20-19-21-37(46-36)35-48(45,41-28-13-4-14-29-41,42-30-15-5-16-31-42)43-32-17-6-18-33-43;1-24-31(40-3)16-25(17-32(24)41-4)12-14-29-10-9-11-30(38-29)15-13-26-18-35(44-7)37(36(19-26)45-8)46-23-28-21-33(42-5)27(22-39-2)20-34(28)43-6;1-31-21-11-20(16-38-28-25(35-5)9-18(14-30)10-26(28)36-6)22(32-2)12-19(21)15-37-27-23(33-3)7-17(13-29)8-24(27)34-4;/h1-33H,34-35H2;9-21H,22-23H2,1-8H3;7-14H,15-16H2,1-6H3;1H4/b;14-12+,15-13+;;. The van der Waals surface area contributed by atoms with Gasteiger partial charge in [0.05, 0.1) is 103 Å². The second-order valence-electron chi connectivity index (χ2n) is 30.3. The molecule has 0 aliphatic carbocycles. The first-order valence-electron chi connectivity index (χ1n) is 42.1. The molecule has 0 aliphatic rings. The first kappa shape index (κ1) is 100. The number of benzene rings is 12. The van der Waals surface area contributed by atoms with E-state index in [1.54, 1.807) is 100 Å². The number of carbonyl (C=O) groups is 2. The second kappa shape index (κ2) is 47.1. The molecule has 2 heterocycles. The van der Waals surface area contributed by atoms with E-state index >= 15 is 0 Å². The van der Waals surface area contributed by atoms with E-state index in [1.807, 2.05) is 85.8 Å². The Bertz CT molecular complexity index is 5750. The van der Waals surface area contributed by atoms with Crippen LogP contribution in [0.2, 0.25) is 0 Å². The Labute approximate surface area is 796 Å². The number of carbonyl (C=O) groups excluding carboxylic acids is 2. The van der Waals surface area contributed by atoms with E-state index < -0.39 is 10.6 Å². The van der Waals surface area contributed by atoms with Crippen LogP contribution in [0.5, 0.6) is 86.2 Å². The number of nitrogens with zero attached hydrogens (tertiary/aromatic N) is 2. The number of hydrogen-bond donors (Lipinski definition) is 0. The van der Waals surface area contributed by atoms with Gasteiger partial charge in [0.1, 0.15) is 66.9 Å². The Hall–Kier alpha value is -13.5. The number of methoxy groups -OCH3 is 13. The molecule has 0 saturated heterocycles. The van der Waals surface area contributed by atoms with Crippen LogP contribution in [0, 0.1) is 6.92 Å². The van der Waals surface area contributed by atoms with Crippen molar-refractivity contribution in [3.63, 3.8) is 0 Å². The van der Waals surface area contributed by atoms with E-state index in [0.29, 0.717) is 116 Å². The van der Waals surface area contributed by atoms with Crippen LogP contribution in [0.1, 0.15) is 89.9 Å². The van der Waals surface area contributed by atoms with Crippen molar-refractivity contribution < 1.29 is 85.4 Å². The topological polar surface area (TPSA) is 208 Å². The van der Waals surface area contributed by atoms with Gasteiger partial charge in [-0.3, -0.25) is 9.59 Å². The van der Waals surface area contributed by atoms with Gasteiger partial charge in [0.25, 0.3) is 0 Å². The quantitative estimate of drug-likeness (QED) is 0.0259. The van der Waals surface area contributed by atoms with Gasteiger partial charge in [-0.1, -0.05) is 25.6 Å². The molecule has 0 amide bonds. The molecular formula is C109H112Br2N2O18P2. The molecule has 0 aliphatic heterocycles. The molecule has 24 heteroatoms. The number of aldehydes is 2. The molecule has 12 aromatic carbocycles. The van der Waals surface area contributed by atoms with Crippen molar-refractivity contribution in [3.05, 3.63) is 364 Å². The molecule has 0 bridgehead atoms. The number of ether oxygens (including phenoxy) is 16. The van der Waals surface area contributed by atoms with Crippen LogP contribution in [0.25, 0.3) is 24.3 Å². The molecule has 0 unspecified atom stereocenters. The molecule has 20 nitrogen and oxygen atoms in total. The zero-order valence-electron chi connectivity index (χ0n) is 76.3. The van der Waals surface area contributed by atoms with Crippen molar-refractivity contribution in [2.45, 2.75) is 53.1 Å². The maximum Gasteiger partial charge on any atom is 0.203 e. The summed E-state index contributed by atoms with van der Waals surface area (Å²) in [6, 6.07) is 99.6. The fraction of sp³-hybridized carbons (Fsp3) is 0.193. The second-order valence-corrected chi connectivity index (χ2v) is 48.1. The van der Waals surface area contributed by atoms with Gasteiger partial charge in [0.2, 0.25) is 17.2 Å². The third-order valence-electron chi connectivity index (χ3n) is 22.5. The first-order valence-corrected chi connectivity index (χ1v) is 51.0. The van der Waals surface area contributed by atoms with E-state index in [4.69, 9.17) is 85.8 Å². The SMILES string of the molecule is BrP(Cc1cccc(CP(Br)(c2ccccc2)(c2ccccc2)c2ccccc2)n1)(c1ccccc1)(c1ccccc1)c1ccccc1.C.COCc1cc(OC)c(COc2c(OC)cc(/C=C/c3cccc(/C=C/c4cc(OC)c(C)c(OC)c4)n3)cc2OC)cc1OC.COc1cc(COc2c(OC)cc(C=O)cc2OC)c(OC)cc1COc1c(OC)cc(C=O)cc1OC. The summed E-state index contributed by atoms with van der Waals surface area (Å²) in [5.74, 6) is 7.54. The van der Waals surface area contributed by atoms with Gasteiger partial charge in [-0.25, -0.2) is 4.98 Å². The van der Waals surface area contributed by atoms with E-state index in [9.17, 15) is 9.59 Å². The fourth-order valence-corrected chi connectivity index (χ4v) is 30.9. The van der Waals surface area contributed by atoms with Crippen LogP contribution in [-0.4, -0.2) is 115 Å². The summed E-state index contributed by atoms with van der Waals surface area (Å²) in [7, 11) is 20.3. The van der Waals surface area contributed by atoms with E-state index in [0.717, 1.165) is 74.4 Å². The third kappa shape index (κ3) is 22.7. The Morgan fingerprint density at radius 3 is 0.737 bits per heavy atom. The molecule has 14 aromatic rings. The summed E-state index contributed by atoms with van der Waals surface area (Å²) in [5.41, 5.74) is 10.3. The average Bonchev–Trinajstić information content (AvgIpc) is 0.701. The Balaban J connectivity index is 0.000000193. The van der Waals surface area contributed by atoms with Crippen molar-refractivity contribution in [1.29, 1.82) is 0 Å². The Kier molecular flexibility index (Phi) is 35.4. The summed E-state index contributed by atoms with van der Waals surface area (Å²) in [4.78, 5) is 32.8. The number of halogens is 2. The van der Waals surface area contributed by atoms with Crippen molar-refractivity contribution in [2.75, 3.05) is 92.4 Å². The molecule has 0 radical (unpaired) electrons. The third-order valence-corrected chi connectivity index (χ3v) is 41.5. The Morgan fingerprint density at radius 2 is 0.496 bits per heavy atom.